The van der Waals surface area contributed by atoms with Crippen molar-refractivity contribution in [2.45, 2.75) is 51.6 Å². The van der Waals surface area contributed by atoms with Gasteiger partial charge in [-0.05, 0) is 49.6 Å². The van der Waals surface area contributed by atoms with Crippen molar-refractivity contribution in [1.82, 2.24) is 5.32 Å². The second kappa shape index (κ2) is 11.3. The highest BCUT2D eigenvalue weighted by atomic mass is 16.2. The summed E-state index contributed by atoms with van der Waals surface area (Å²) in [6.07, 6.45) is 5.35. The van der Waals surface area contributed by atoms with E-state index in [1.54, 1.807) is 4.90 Å². The summed E-state index contributed by atoms with van der Waals surface area (Å²) in [6, 6.07) is 15.1. The minimum absolute atomic E-state index is 0.218. The standard InChI is InChI=1S/C29H38N6O2/c1-2-18-34-25-11-7-6-10-24(25)26(21-8-4-3-5-9-21)32-27(28(34)36)35(29(30)37)23-14-12-22(13-15-23)33-19-16-31-17-20-33/h6-7,10-15,21,27,31H,2-5,8-9,16-20H2,1H3,(H2,30,37)/t27-/m1/s1. The fourth-order valence-electron chi connectivity index (χ4n) is 5.90. The molecule has 1 saturated carbocycles. The van der Waals surface area contributed by atoms with Crippen LogP contribution in [0.1, 0.15) is 51.0 Å². The van der Waals surface area contributed by atoms with Gasteiger partial charge in [0.05, 0.1) is 11.4 Å². The number of benzene rings is 2. The van der Waals surface area contributed by atoms with Crippen LogP contribution in [-0.4, -0.2) is 56.5 Å². The van der Waals surface area contributed by atoms with Crippen LogP contribution >= 0.6 is 0 Å². The van der Waals surface area contributed by atoms with Gasteiger partial charge < -0.3 is 20.9 Å². The predicted molar refractivity (Wildman–Crippen MR) is 150 cm³/mol. The molecule has 1 atom stereocenters. The number of fused-ring (bicyclic) bond motifs is 1. The third-order valence-electron chi connectivity index (χ3n) is 7.75. The van der Waals surface area contributed by atoms with Crippen LogP contribution in [0.3, 0.4) is 0 Å². The molecule has 2 aromatic rings. The second-order valence-electron chi connectivity index (χ2n) is 10.2. The van der Waals surface area contributed by atoms with Crippen LogP contribution in [0.2, 0.25) is 0 Å². The van der Waals surface area contributed by atoms with Crippen molar-refractivity contribution in [2.75, 3.05) is 47.4 Å². The molecule has 1 aliphatic carbocycles. The maximum absolute atomic E-state index is 14.1. The number of rotatable bonds is 6. The first-order valence-corrected chi connectivity index (χ1v) is 13.7. The van der Waals surface area contributed by atoms with Gasteiger partial charge in [0.2, 0.25) is 6.17 Å². The first-order chi connectivity index (χ1) is 18.1. The lowest BCUT2D eigenvalue weighted by Gasteiger charge is -2.32. The van der Waals surface area contributed by atoms with Gasteiger partial charge in [-0.2, -0.15) is 0 Å². The van der Waals surface area contributed by atoms with E-state index in [1.807, 2.05) is 42.5 Å². The molecule has 8 nitrogen and oxygen atoms in total. The molecule has 37 heavy (non-hydrogen) atoms. The van der Waals surface area contributed by atoms with Crippen LogP contribution in [0.5, 0.6) is 0 Å². The lowest BCUT2D eigenvalue weighted by atomic mass is 9.82. The smallest absolute Gasteiger partial charge is 0.321 e. The number of para-hydroxylation sites is 1. The summed E-state index contributed by atoms with van der Waals surface area (Å²) >= 11 is 0. The van der Waals surface area contributed by atoms with Gasteiger partial charge in [-0.25, -0.2) is 4.79 Å². The van der Waals surface area contributed by atoms with Gasteiger partial charge in [0.25, 0.3) is 5.91 Å². The molecule has 2 fully saturated rings. The third kappa shape index (κ3) is 5.21. The van der Waals surface area contributed by atoms with Crippen LogP contribution in [0.15, 0.2) is 53.5 Å². The van der Waals surface area contributed by atoms with E-state index < -0.39 is 12.2 Å². The topological polar surface area (TPSA) is 94.3 Å². The number of urea groups is 1. The van der Waals surface area contributed by atoms with Crippen molar-refractivity contribution >= 4 is 34.7 Å². The van der Waals surface area contributed by atoms with Crippen LogP contribution < -0.4 is 25.8 Å². The molecule has 3 N–H and O–H groups in total. The van der Waals surface area contributed by atoms with Gasteiger partial charge in [-0.1, -0.05) is 44.4 Å². The fraction of sp³-hybridized carbons (Fsp3) is 0.483. The molecule has 1 saturated heterocycles. The molecule has 0 bridgehead atoms. The summed E-state index contributed by atoms with van der Waals surface area (Å²) in [6.45, 7) is 6.35. The molecule has 5 rings (SSSR count). The van der Waals surface area contributed by atoms with E-state index in [-0.39, 0.29) is 11.8 Å². The Bertz CT molecular complexity index is 1140. The van der Waals surface area contributed by atoms with E-state index in [9.17, 15) is 9.59 Å². The number of hydrogen-bond donors (Lipinski definition) is 2. The number of nitrogens with zero attached hydrogens (tertiary/aromatic N) is 4. The van der Waals surface area contributed by atoms with Crippen LogP contribution in [0.4, 0.5) is 21.9 Å². The van der Waals surface area contributed by atoms with Crippen LogP contribution in [0, 0.1) is 5.92 Å². The van der Waals surface area contributed by atoms with Crippen molar-refractivity contribution in [3.8, 4) is 0 Å². The Kier molecular flexibility index (Phi) is 7.74. The molecule has 2 aliphatic heterocycles. The molecule has 2 aromatic carbocycles. The maximum Gasteiger partial charge on any atom is 0.321 e. The Morgan fingerprint density at radius 2 is 1.76 bits per heavy atom. The molecule has 196 valence electrons. The highest BCUT2D eigenvalue weighted by Crippen LogP contribution is 2.35. The molecule has 3 amide bonds. The molecule has 8 heteroatoms. The molecule has 0 radical (unpaired) electrons. The average Bonchev–Trinajstić information content (AvgIpc) is 3.05. The van der Waals surface area contributed by atoms with E-state index in [0.29, 0.717) is 12.2 Å². The Morgan fingerprint density at radius 3 is 2.43 bits per heavy atom. The Morgan fingerprint density at radius 1 is 1.05 bits per heavy atom. The number of benzodiazepines with no additional fused rings is 1. The zero-order chi connectivity index (χ0) is 25.8. The number of piperazine rings is 1. The van der Waals surface area contributed by atoms with Gasteiger partial charge in [-0.15, -0.1) is 0 Å². The number of nitrogens with one attached hydrogen (secondary N) is 1. The van der Waals surface area contributed by atoms with E-state index in [1.165, 1.54) is 11.3 Å². The highest BCUT2D eigenvalue weighted by molar-refractivity contribution is 6.15. The summed E-state index contributed by atoms with van der Waals surface area (Å²) in [5, 5.41) is 3.37. The number of aliphatic imine (C=N–C) groups is 1. The molecule has 2 heterocycles. The normalized spacial score (nSPS) is 20.7. The number of hydrogen-bond acceptors (Lipinski definition) is 5. The van der Waals surface area contributed by atoms with Crippen molar-refractivity contribution in [3.63, 3.8) is 0 Å². The van der Waals surface area contributed by atoms with Crippen LogP contribution in [0.25, 0.3) is 0 Å². The third-order valence-corrected chi connectivity index (χ3v) is 7.75. The summed E-state index contributed by atoms with van der Waals surface area (Å²) in [5.41, 5.74) is 10.4. The Hall–Kier alpha value is -3.39. The molecule has 0 unspecified atom stereocenters. The second-order valence-corrected chi connectivity index (χ2v) is 10.2. The molecule has 0 spiro atoms. The van der Waals surface area contributed by atoms with Crippen molar-refractivity contribution < 1.29 is 9.59 Å². The monoisotopic (exact) mass is 502 g/mol. The number of carbonyl (C=O) groups is 2. The van der Waals surface area contributed by atoms with Crippen molar-refractivity contribution in [2.24, 2.45) is 16.6 Å². The molecule has 3 aliphatic rings. The summed E-state index contributed by atoms with van der Waals surface area (Å²) in [4.78, 5) is 37.6. The van der Waals surface area contributed by atoms with Gasteiger partial charge in [0.15, 0.2) is 0 Å². The minimum atomic E-state index is -1.04. The van der Waals surface area contributed by atoms with E-state index in [2.05, 4.69) is 23.2 Å². The Balaban J connectivity index is 1.57. The van der Waals surface area contributed by atoms with Crippen molar-refractivity contribution in [3.05, 3.63) is 54.1 Å². The molecule has 0 aromatic heterocycles. The average molecular weight is 503 g/mol. The summed E-state index contributed by atoms with van der Waals surface area (Å²) < 4.78 is 0. The largest absolute Gasteiger partial charge is 0.369 e. The summed E-state index contributed by atoms with van der Waals surface area (Å²) in [5.74, 6) is 0.0432. The quantitative estimate of drug-likeness (QED) is 0.621. The minimum Gasteiger partial charge on any atom is -0.369 e. The van der Waals surface area contributed by atoms with Gasteiger partial charge in [-0.3, -0.25) is 14.7 Å². The maximum atomic E-state index is 14.1. The lowest BCUT2D eigenvalue weighted by molar-refractivity contribution is -0.119. The van der Waals surface area contributed by atoms with Gasteiger partial charge >= 0.3 is 6.03 Å². The fourth-order valence-corrected chi connectivity index (χ4v) is 5.90. The number of amides is 3. The van der Waals surface area contributed by atoms with E-state index in [0.717, 1.165) is 80.9 Å². The lowest BCUT2D eigenvalue weighted by Crippen LogP contribution is -2.52. The number of primary amides is 1. The van der Waals surface area contributed by atoms with Gasteiger partial charge in [0, 0.05) is 55.6 Å². The predicted octanol–water partition coefficient (Wildman–Crippen LogP) is 4.13. The molecular formula is C29H38N6O2. The summed E-state index contributed by atoms with van der Waals surface area (Å²) in [7, 11) is 0. The zero-order valence-corrected chi connectivity index (χ0v) is 21.7. The Labute approximate surface area is 219 Å². The first kappa shape index (κ1) is 25.3. The van der Waals surface area contributed by atoms with Gasteiger partial charge in [0.1, 0.15) is 0 Å². The molecular weight excluding hydrogens is 464 g/mol. The first-order valence-electron chi connectivity index (χ1n) is 13.7. The number of carbonyl (C=O) groups excluding carboxylic acids is 2. The van der Waals surface area contributed by atoms with Crippen molar-refractivity contribution in [1.29, 1.82) is 0 Å². The zero-order valence-electron chi connectivity index (χ0n) is 21.7. The van der Waals surface area contributed by atoms with E-state index >= 15 is 0 Å². The number of nitrogens with two attached hydrogens (primary N) is 1. The number of anilines is 3. The highest BCUT2D eigenvalue weighted by Gasteiger charge is 2.39. The SMILES string of the molecule is CCCN1C(=O)[C@@H](N(C(N)=O)c2ccc(N3CCNCC3)cc2)N=C(C2CCCCC2)c2ccccc21. The van der Waals surface area contributed by atoms with Crippen LogP contribution in [-0.2, 0) is 4.79 Å². The van der Waals surface area contributed by atoms with E-state index in [4.69, 9.17) is 10.7 Å².